The number of methoxy groups -OCH3 is 2. The van der Waals surface area contributed by atoms with Crippen molar-refractivity contribution in [3.05, 3.63) is 53.5 Å². The summed E-state index contributed by atoms with van der Waals surface area (Å²) < 4.78 is 51.0. The van der Waals surface area contributed by atoms with E-state index < -0.39 is 11.9 Å². The van der Waals surface area contributed by atoms with Gasteiger partial charge >= 0.3 is 6.18 Å². The van der Waals surface area contributed by atoms with Crippen LogP contribution in [0.5, 0.6) is 11.8 Å². The second-order valence-electron chi connectivity index (χ2n) is 7.21. The van der Waals surface area contributed by atoms with Crippen LogP contribution in [0.15, 0.2) is 36.5 Å². The summed E-state index contributed by atoms with van der Waals surface area (Å²) in [5, 5.41) is 7.41. The number of nitrogens with zero attached hydrogens (tertiary/aromatic N) is 4. The summed E-state index contributed by atoms with van der Waals surface area (Å²) in [5.41, 5.74) is 0.753. The molecule has 0 bridgehead atoms. The van der Waals surface area contributed by atoms with Crippen molar-refractivity contribution in [1.29, 1.82) is 0 Å². The average Bonchev–Trinajstić information content (AvgIpc) is 3.23. The molecule has 3 aromatic heterocycles. The molecule has 168 valence electrons. The Bertz CT molecular complexity index is 1120. The Kier molecular flexibility index (Phi) is 5.72. The first kappa shape index (κ1) is 21.6. The first-order valence-electron chi connectivity index (χ1n) is 9.81. The van der Waals surface area contributed by atoms with Crippen molar-refractivity contribution in [3.63, 3.8) is 0 Å². The zero-order chi connectivity index (χ0) is 22.9. The largest absolute Gasteiger partial charge is 0.481 e. The van der Waals surface area contributed by atoms with Gasteiger partial charge in [0, 0.05) is 30.4 Å². The highest BCUT2D eigenvalue weighted by atomic mass is 19.4. The highest BCUT2D eigenvalue weighted by molar-refractivity contribution is 5.95. The smallest absolute Gasteiger partial charge is 0.433 e. The van der Waals surface area contributed by atoms with Crippen molar-refractivity contribution < 1.29 is 27.4 Å². The minimum atomic E-state index is -4.54. The lowest BCUT2D eigenvalue weighted by Gasteiger charge is -2.24. The summed E-state index contributed by atoms with van der Waals surface area (Å²) in [6.07, 6.45) is -2.01. The molecule has 1 aliphatic heterocycles. The number of hydrogen-bond acceptors (Lipinski definition) is 6. The van der Waals surface area contributed by atoms with E-state index in [1.165, 1.54) is 32.4 Å². The number of ether oxygens (including phenoxy) is 2. The van der Waals surface area contributed by atoms with Gasteiger partial charge in [0.1, 0.15) is 5.69 Å². The van der Waals surface area contributed by atoms with Crippen molar-refractivity contribution in [3.8, 4) is 23.0 Å². The van der Waals surface area contributed by atoms with Crippen LogP contribution >= 0.6 is 0 Å². The molecule has 1 N–H and O–H groups in total. The van der Waals surface area contributed by atoms with Crippen LogP contribution in [-0.2, 0) is 12.7 Å². The normalized spacial score (nSPS) is 15.7. The molecule has 32 heavy (non-hydrogen) atoms. The summed E-state index contributed by atoms with van der Waals surface area (Å²) in [6.45, 7) is 0.607. The molecule has 0 radical (unpaired) electrons. The maximum absolute atomic E-state index is 13.0. The molecule has 1 atom stereocenters. The number of hydrogen-bond donors (Lipinski definition) is 1. The minimum Gasteiger partial charge on any atom is -0.481 e. The van der Waals surface area contributed by atoms with Gasteiger partial charge in [0.2, 0.25) is 11.8 Å². The molecule has 3 aromatic rings. The van der Waals surface area contributed by atoms with E-state index in [9.17, 15) is 18.0 Å². The number of halogens is 3. The fourth-order valence-corrected chi connectivity index (χ4v) is 3.58. The number of alkyl halides is 3. The number of fused-ring (bicyclic) bond motifs is 1. The molecule has 1 aliphatic rings. The molecule has 8 nitrogen and oxygen atoms in total. The molecule has 4 heterocycles. The Labute approximate surface area is 181 Å². The number of aryl methyl sites for hydroxylation is 1. The van der Waals surface area contributed by atoms with E-state index in [4.69, 9.17) is 9.47 Å². The van der Waals surface area contributed by atoms with E-state index in [0.29, 0.717) is 29.8 Å². The highest BCUT2D eigenvalue weighted by Gasteiger charge is 2.33. The van der Waals surface area contributed by atoms with Crippen LogP contribution in [-0.4, -0.2) is 39.9 Å². The van der Waals surface area contributed by atoms with E-state index in [2.05, 4.69) is 20.4 Å². The standard InChI is InChI=1S/C21H20F3N5O3/c1-31-18-9-13(10-19(27-18)32-2)20(30)26-14-4-3-7-29-16(14)11-15(28-29)12-5-6-25-17(8-12)21(22,23)24/h5-6,8-11,14H,3-4,7H2,1-2H3,(H,26,30). The van der Waals surface area contributed by atoms with Crippen molar-refractivity contribution >= 4 is 5.91 Å². The van der Waals surface area contributed by atoms with Crippen LogP contribution in [0.4, 0.5) is 13.2 Å². The topological polar surface area (TPSA) is 91.2 Å². The Balaban J connectivity index is 1.60. The number of pyridine rings is 2. The molecule has 0 fully saturated rings. The summed E-state index contributed by atoms with van der Waals surface area (Å²) >= 11 is 0. The molecule has 11 heteroatoms. The SMILES string of the molecule is COc1cc(C(=O)NC2CCCn3nc(-c4ccnc(C(F)(F)F)c4)cc32)cc(OC)n1. The molecule has 0 aromatic carbocycles. The van der Waals surface area contributed by atoms with Gasteiger partial charge in [-0.15, -0.1) is 0 Å². The average molecular weight is 447 g/mol. The third-order valence-electron chi connectivity index (χ3n) is 5.14. The second-order valence-corrected chi connectivity index (χ2v) is 7.21. The fourth-order valence-electron chi connectivity index (χ4n) is 3.58. The van der Waals surface area contributed by atoms with Gasteiger partial charge < -0.3 is 14.8 Å². The van der Waals surface area contributed by atoms with Crippen LogP contribution in [0.3, 0.4) is 0 Å². The molecule has 0 saturated heterocycles. The minimum absolute atomic E-state index is 0.239. The maximum Gasteiger partial charge on any atom is 0.433 e. The third-order valence-corrected chi connectivity index (χ3v) is 5.14. The lowest BCUT2D eigenvalue weighted by atomic mass is 10.0. The molecular weight excluding hydrogens is 427 g/mol. The monoisotopic (exact) mass is 447 g/mol. The zero-order valence-electron chi connectivity index (χ0n) is 17.3. The molecule has 1 unspecified atom stereocenters. The number of carbonyl (C=O) groups excluding carboxylic acids is 1. The van der Waals surface area contributed by atoms with Gasteiger partial charge in [-0.05, 0) is 31.0 Å². The van der Waals surface area contributed by atoms with Gasteiger partial charge in [-0.1, -0.05) is 0 Å². The predicted molar refractivity (Wildman–Crippen MR) is 107 cm³/mol. The van der Waals surface area contributed by atoms with Crippen LogP contribution < -0.4 is 14.8 Å². The molecule has 1 amide bonds. The van der Waals surface area contributed by atoms with Gasteiger partial charge in [0.25, 0.3) is 5.91 Å². The van der Waals surface area contributed by atoms with Crippen LogP contribution in [0.25, 0.3) is 11.3 Å². The number of carbonyl (C=O) groups is 1. The van der Waals surface area contributed by atoms with Gasteiger partial charge in [0.15, 0.2) is 0 Å². The Morgan fingerprint density at radius 1 is 1.16 bits per heavy atom. The number of amides is 1. The Hall–Kier alpha value is -3.63. The lowest BCUT2D eigenvalue weighted by Crippen LogP contribution is -2.32. The zero-order valence-corrected chi connectivity index (χ0v) is 17.3. The number of aromatic nitrogens is 4. The van der Waals surface area contributed by atoms with Crippen LogP contribution in [0.1, 0.15) is 40.6 Å². The molecule has 0 aliphatic carbocycles. The van der Waals surface area contributed by atoms with E-state index in [-0.39, 0.29) is 23.7 Å². The van der Waals surface area contributed by atoms with Crippen molar-refractivity contribution in [2.75, 3.05) is 14.2 Å². The molecule has 0 saturated carbocycles. The van der Waals surface area contributed by atoms with Crippen LogP contribution in [0.2, 0.25) is 0 Å². The number of nitrogens with one attached hydrogen (secondary N) is 1. The van der Waals surface area contributed by atoms with Crippen molar-refractivity contribution in [2.45, 2.75) is 31.6 Å². The molecule has 0 spiro atoms. The first-order chi connectivity index (χ1) is 15.3. The molecular formula is C21H20F3N5O3. The first-order valence-corrected chi connectivity index (χ1v) is 9.81. The van der Waals surface area contributed by atoms with Crippen molar-refractivity contribution in [1.82, 2.24) is 25.1 Å². The maximum atomic E-state index is 13.0. The fraction of sp³-hybridized carbons (Fsp3) is 0.333. The van der Waals surface area contributed by atoms with E-state index >= 15 is 0 Å². The van der Waals surface area contributed by atoms with Gasteiger partial charge in [0.05, 0.1) is 37.2 Å². The van der Waals surface area contributed by atoms with Gasteiger partial charge in [-0.3, -0.25) is 14.5 Å². The van der Waals surface area contributed by atoms with Gasteiger partial charge in [-0.25, -0.2) is 0 Å². The second kappa shape index (κ2) is 8.48. The summed E-state index contributed by atoms with van der Waals surface area (Å²) in [7, 11) is 2.88. The Morgan fingerprint density at radius 2 is 1.88 bits per heavy atom. The van der Waals surface area contributed by atoms with E-state index in [1.54, 1.807) is 10.7 Å². The highest BCUT2D eigenvalue weighted by Crippen LogP contribution is 2.33. The Morgan fingerprint density at radius 3 is 2.53 bits per heavy atom. The van der Waals surface area contributed by atoms with E-state index in [1.807, 2.05) is 0 Å². The van der Waals surface area contributed by atoms with Crippen LogP contribution in [0, 0.1) is 0 Å². The van der Waals surface area contributed by atoms with Gasteiger partial charge in [-0.2, -0.15) is 23.3 Å². The lowest BCUT2D eigenvalue weighted by molar-refractivity contribution is -0.141. The van der Waals surface area contributed by atoms with Crippen molar-refractivity contribution in [2.24, 2.45) is 0 Å². The predicted octanol–water partition coefficient (Wildman–Crippen LogP) is 3.64. The summed E-state index contributed by atoms with van der Waals surface area (Å²) in [4.78, 5) is 20.3. The van der Waals surface area contributed by atoms with E-state index in [0.717, 1.165) is 24.4 Å². The molecule has 4 rings (SSSR count). The third kappa shape index (κ3) is 4.36. The summed E-state index contributed by atoms with van der Waals surface area (Å²) in [6, 6.07) is 6.79. The summed E-state index contributed by atoms with van der Waals surface area (Å²) in [5.74, 6) is 0.126. The number of rotatable bonds is 5. The quantitative estimate of drug-likeness (QED) is 0.642.